The zero-order chi connectivity index (χ0) is 12.3. The molecule has 0 spiro atoms. The third-order valence-electron chi connectivity index (χ3n) is 4.06. The fraction of sp³-hybridized carbons (Fsp3) is 0.923. The van der Waals surface area contributed by atoms with Crippen molar-refractivity contribution in [3.8, 4) is 0 Å². The summed E-state index contributed by atoms with van der Waals surface area (Å²) in [6.45, 7) is 5.25. The zero-order valence-corrected chi connectivity index (χ0v) is 10.6. The molecule has 2 aliphatic heterocycles. The van der Waals surface area contributed by atoms with Crippen molar-refractivity contribution in [3.63, 3.8) is 0 Å². The van der Waals surface area contributed by atoms with Gasteiger partial charge in [0.25, 0.3) is 0 Å². The zero-order valence-electron chi connectivity index (χ0n) is 10.6. The molecule has 2 fully saturated rings. The minimum atomic E-state index is -0.664. The molecular weight excluding hydrogens is 218 g/mol. The first-order valence-corrected chi connectivity index (χ1v) is 6.72. The number of carboxylic acids is 1. The lowest BCUT2D eigenvalue weighted by Gasteiger charge is -2.34. The second kappa shape index (κ2) is 5.83. The maximum Gasteiger partial charge on any atom is 0.303 e. The first-order chi connectivity index (χ1) is 8.15. The van der Waals surface area contributed by atoms with Crippen molar-refractivity contribution in [2.75, 3.05) is 19.7 Å². The SMILES string of the molecule is CC1CC(N2CCC(CCC(=O)O)C2)CCO1. The fourth-order valence-electron chi connectivity index (χ4n) is 3.06. The Morgan fingerprint density at radius 3 is 3.00 bits per heavy atom. The summed E-state index contributed by atoms with van der Waals surface area (Å²) in [4.78, 5) is 13.1. The third kappa shape index (κ3) is 3.68. The van der Waals surface area contributed by atoms with E-state index in [0.717, 1.165) is 39.0 Å². The van der Waals surface area contributed by atoms with Crippen LogP contribution in [0.5, 0.6) is 0 Å². The Labute approximate surface area is 103 Å². The van der Waals surface area contributed by atoms with Crippen LogP contribution in [0.2, 0.25) is 0 Å². The standard InChI is InChI=1S/C13H23NO3/c1-10-8-12(5-7-17-10)14-6-4-11(9-14)2-3-13(15)16/h10-12H,2-9H2,1H3,(H,15,16). The number of nitrogens with zero attached hydrogens (tertiary/aromatic N) is 1. The molecule has 4 heteroatoms. The van der Waals surface area contributed by atoms with Crippen LogP contribution < -0.4 is 0 Å². The number of carboxylic acid groups (broad SMARTS) is 1. The molecule has 3 unspecified atom stereocenters. The smallest absolute Gasteiger partial charge is 0.303 e. The van der Waals surface area contributed by atoms with Crippen molar-refractivity contribution >= 4 is 5.97 Å². The van der Waals surface area contributed by atoms with E-state index in [1.165, 1.54) is 6.42 Å². The average Bonchev–Trinajstić information content (AvgIpc) is 2.75. The highest BCUT2D eigenvalue weighted by Crippen LogP contribution is 2.27. The highest BCUT2D eigenvalue weighted by molar-refractivity contribution is 5.66. The van der Waals surface area contributed by atoms with E-state index < -0.39 is 5.97 Å². The summed E-state index contributed by atoms with van der Waals surface area (Å²) in [5.41, 5.74) is 0. The Balaban J connectivity index is 1.75. The van der Waals surface area contributed by atoms with Gasteiger partial charge in [-0.2, -0.15) is 0 Å². The Morgan fingerprint density at radius 1 is 1.47 bits per heavy atom. The van der Waals surface area contributed by atoms with Crippen LogP contribution in [0.4, 0.5) is 0 Å². The van der Waals surface area contributed by atoms with Gasteiger partial charge >= 0.3 is 5.97 Å². The van der Waals surface area contributed by atoms with E-state index in [0.29, 0.717) is 24.5 Å². The molecule has 2 heterocycles. The number of rotatable bonds is 4. The lowest BCUT2D eigenvalue weighted by atomic mass is 10.0. The molecule has 17 heavy (non-hydrogen) atoms. The van der Waals surface area contributed by atoms with Gasteiger partial charge in [-0.1, -0.05) is 0 Å². The average molecular weight is 241 g/mol. The first-order valence-electron chi connectivity index (χ1n) is 6.72. The molecule has 2 rings (SSSR count). The first kappa shape index (κ1) is 12.8. The second-order valence-electron chi connectivity index (χ2n) is 5.44. The van der Waals surface area contributed by atoms with E-state index >= 15 is 0 Å². The van der Waals surface area contributed by atoms with Gasteiger partial charge in [-0.15, -0.1) is 0 Å². The summed E-state index contributed by atoms with van der Waals surface area (Å²) < 4.78 is 5.57. The Hall–Kier alpha value is -0.610. The molecule has 0 aromatic heterocycles. The van der Waals surface area contributed by atoms with Crippen LogP contribution in [0.1, 0.15) is 39.0 Å². The Kier molecular flexibility index (Phi) is 4.40. The van der Waals surface area contributed by atoms with Crippen molar-refractivity contribution in [3.05, 3.63) is 0 Å². The molecule has 98 valence electrons. The van der Waals surface area contributed by atoms with Gasteiger partial charge in [-0.25, -0.2) is 0 Å². The molecule has 1 N–H and O–H groups in total. The molecule has 0 radical (unpaired) electrons. The van der Waals surface area contributed by atoms with E-state index in [4.69, 9.17) is 9.84 Å². The van der Waals surface area contributed by atoms with Gasteiger partial charge in [-0.3, -0.25) is 9.69 Å². The summed E-state index contributed by atoms with van der Waals surface area (Å²) >= 11 is 0. The summed E-state index contributed by atoms with van der Waals surface area (Å²) in [5, 5.41) is 8.69. The summed E-state index contributed by atoms with van der Waals surface area (Å²) in [6, 6.07) is 0.661. The molecule has 0 aromatic carbocycles. The van der Waals surface area contributed by atoms with E-state index in [1.807, 2.05) is 0 Å². The fourth-order valence-corrected chi connectivity index (χ4v) is 3.06. The van der Waals surface area contributed by atoms with Crippen molar-refractivity contribution < 1.29 is 14.6 Å². The van der Waals surface area contributed by atoms with E-state index in [9.17, 15) is 4.79 Å². The number of ether oxygens (including phenoxy) is 1. The van der Waals surface area contributed by atoms with Gasteiger partial charge < -0.3 is 9.84 Å². The molecule has 0 bridgehead atoms. The summed E-state index contributed by atoms with van der Waals surface area (Å²) in [7, 11) is 0. The number of carbonyl (C=O) groups is 1. The molecule has 2 aliphatic rings. The molecule has 0 aliphatic carbocycles. The van der Waals surface area contributed by atoms with Crippen molar-refractivity contribution in [1.82, 2.24) is 4.90 Å². The van der Waals surface area contributed by atoms with E-state index in [-0.39, 0.29) is 0 Å². The lowest BCUT2D eigenvalue weighted by molar-refractivity contribution is -0.137. The minimum Gasteiger partial charge on any atom is -0.481 e. The number of aliphatic carboxylic acids is 1. The Bertz CT molecular complexity index is 269. The Morgan fingerprint density at radius 2 is 2.29 bits per heavy atom. The highest BCUT2D eigenvalue weighted by atomic mass is 16.5. The van der Waals surface area contributed by atoms with Crippen LogP contribution in [-0.4, -0.2) is 47.8 Å². The van der Waals surface area contributed by atoms with Crippen LogP contribution in [0, 0.1) is 5.92 Å². The largest absolute Gasteiger partial charge is 0.481 e. The maximum atomic E-state index is 10.6. The maximum absolute atomic E-state index is 10.6. The van der Waals surface area contributed by atoms with Crippen LogP contribution >= 0.6 is 0 Å². The topological polar surface area (TPSA) is 49.8 Å². The van der Waals surface area contributed by atoms with Gasteiger partial charge in [0.05, 0.1) is 6.10 Å². The summed E-state index contributed by atoms with van der Waals surface area (Å²) in [6.07, 6.45) is 4.97. The molecule has 0 aromatic rings. The van der Waals surface area contributed by atoms with Gasteiger partial charge in [0.15, 0.2) is 0 Å². The molecule has 3 atom stereocenters. The van der Waals surface area contributed by atoms with Gasteiger partial charge in [0.1, 0.15) is 0 Å². The van der Waals surface area contributed by atoms with Gasteiger partial charge in [0, 0.05) is 25.6 Å². The van der Waals surface area contributed by atoms with Crippen molar-refractivity contribution in [2.45, 2.75) is 51.2 Å². The monoisotopic (exact) mass is 241 g/mol. The van der Waals surface area contributed by atoms with Crippen molar-refractivity contribution in [1.29, 1.82) is 0 Å². The van der Waals surface area contributed by atoms with Crippen LogP contribution in [0.25, 0.3) is 0 Å². The normalized spacial score (nSPS) is 35.0. The predicted octanol–water partition coefficient (Wildman–Crippen LogP) is 1.74. The van der Waals surface area contributed by atoms with Gasteiger partial charge in [0.2, 0.25) is 0 Å². The number of hydrogen-bond acceptors (Lipinski definition) is 3. The molecule has 0 amide bonds. The number of hydrogen-bond donors (Lipinski definition) is 1. The molecule has 4 nitrogen and oxygen atoms in total. The van der Waals surface area contributed by atoms with Crippen LogP contribution in [0.3, 0.4) is 0 Å². The molecular formula is C13H23NO3. The molecule has 2 saturated heterocycles. The predicted molar refractivity (Wildman–Crippen MR) is 65.0 cm³/mol. The van der Waals surface area contributed by atoms with E-state index in [1.54, 1.807) is 0 Å². The van der Waals surface area contributed by atoms with Crippen LogP contribution in [-0.2, 0) is 9.53 Å². The second-order valence-corrected chi connectivity index (χ2v) is 5.44. The minimum absolute atomic E-state index is 0.322. The summed E-state index contributed by atoms with van der Waals surface area (Å²) in [5.74, 6) is -0.0765. The molecule has 0 saturated carbocycles. The van der Waals surface area contributed by atoms with Gasteiger partial charge in [-0.05, 0) is 45.1 Å². The quantitative estimate of drug-likeness (QED) is 0.814. The highest BCUT2D eigenvalue weighted by Gasteiger charge is 2.31. The lowest BCUT2D eigenvalue weighted by Crippen LogP contribution is -2.40. The van der Waals surface area contributed by atoms with Crippen molar-refractivity contribution in [2.24, 2.45) is 5.92 Å². The third-order valence-corrected chi connectivity index (χ3v) is 4.06. The van der Waals surface area contributed by atoms with E-state index in [2.05, 4.69) is 11.8 Å². The van der Waals surface area contributed by atoms with Crippen LogP contribution in [0.15, 0.2) is 0 Å². The number of likely N-dealkylation sites (tertiary alicyclic amines) is 1.